The molecule has 6 heteroatoms. The van der Waals surface area contributed by atoms with E-state index in [0.717, 1.165) is 23.4 Å². The van der Waals surface area contributed by atoms with Crippen LogP contribution in [0.2, 0.25) is 5.02 Å². The van der Waals surface area contributed by atoms with Gasteiger partial charge in [-0.2, -0.15) is 5.10 Å². The van der Waals surface area contributed by atoms with E-state index in [1.807, 2.05) is 42.1 Å². The molecule has 3 aromatic rings. The molecule has 0 unspecified atom stereocenters. The molecule has 1 aromatic heterocycles. The number of amides is 1. The largest absolute Gasteiger partial charge is 0.489 e. The molecular weight excluding hydrogens is 350 g/mol. The number of aromatic nitrogens is 2. The van der Waals surface area contributed by atoms with Crippen molar-refractivity contribution >= 4 is 17.5 Å². The zero-order valence-corrected chi connectivity index (χ0v) is 15.2. The van der Waals surface area contributed by atoms with Crippen molar-refractivity contribution in [2.45, 2.75) is 26.6 Å². The molecule has 1 N–H and O–H groups in total. The van der Waals surface area contributed by atoms with Gasteiger partial charge in [0.05, 0.1) is 6.20 Å². The molecule has 0 aliphatic heterocycles. The fourth-order valence-electron chi connectivity index (χ4n) is 2.40. The predicted octanol–water partition coefficient (Wildman–Crippen LogP) is 4.07. The van der Waals surface area contributed by atoms with Crippen LogP contribution in [0.5, 0.6) is 5.75 Å². The summed E-state index contributed by atoms with van der Waals surface area (Å²) in [7, 11) is 0. The van der Waals surface area contributed by atoms with Crippen LogP contribution < -0.4 is 10.1 Å². The number of nitrogens with zero attached hydrogens (tertiary/aromatic N) is 2. The first kappa shape index (κ1) is 18.0. The van der Waals surface area contributed by atoms with Crippen molar-refractivity contribution in [2.24, 2.45) is 0 Å². The van der Waals surface area contributed by atoms with Gasteiger partial charge < -0.3 is 10.1 Å². The van der Waals surface area contributed by atoms with Gasteiger partial charge in [0.25, 0.3) is 5.91 Å². The number of hydrogen-bond donors (Lipinski definition) is 1. The van der Waals surface area contributed by atoms with Gasteiger partial charge in [0.1, 0.15) is 12.4 Å². The van der Waals surface area contributed by atoms with Crippen molar-refractivity contribution in [2.75, 3.05) is 0 Å². The summed E-state index contributed by atoms with van der Waals surface area (Å²) in [5, 5.41) is 7.77. The van der Waals surface area contributed by atoms with Crippen molar-refractivity contribution in [1.82, 2.24) is 15.1 Å². The van der Waals surface area contributed by atoms with E-state index in [1.54, 1.807) is 30.5 Å². The molecule has 0 fully saturated rings. The van der Waals surface area contributed by atoms with Gasteiger partial charge in [-0.15, -0.1) is 0 Å². The molecule has 0 bridgehead atoms. The lowest BCUT2D eigenvalue weighted by molar-refractivity contribution is 0.0951. The maximum absolute atomic E-state index is 12.2. The number of benzene rings is 2. The van der Waals surface area contributed by atoms with Gasteiger partial charge in [0.15, 0.2) is 0 Å². The zero-order chi connectivity index (χ0) is 18.4. The quantitative estimate of drug-likeness (QED) is 0.683. The van der Waals surface area contributed by atoms with E-state index in [-0.39, 0.29) is 5.91 Å². The summed E-state index contributed by atoms with van der Waals surface area (Å²) in [4.78, 5) is 12.2. The van der Waals surface area contributed by atoms with Crippen LogP contribution in [-0.4, -0.2) is 15.7 Å². The highest BCUT2D eigenvalue weighted by Crippen LogP contribution is 2.17. The second-order valence-corrected chi connectivity index (χ2v) is 6.26. The average Bonchev–Trinajstić information content (AvgIpc) is 3.14. The Morgan fingerprint density at radius 2 is 1.85 bits per heavy atom. The van der Waals surface area contributed by atoms with Crippen molar-refractivity contribution in [1.29, 1.82) is 0 Å². The SMILES string of the molecule is CCn1cc(CNC(=O)c2ccc(COc3ccc(Cl)cc3)cc2)cn1. The Balaban J connectivity index is 1.51. The lowest BCUT2D eigenvalue weighted by Crippen LogP contribution is -2.22. The molecule has 0 atom stereocenters. The average molecular weight is 370 g/mol. The number of carbonyl (C=O) groups is 1. The first-order valence-electron chi connectivity index (χ1n) is 8.41. The van der Waals surface area contributed by atoms with Gasteiger partial charge >= 0.3 is 0 Å². The molecule has 0 aliphatic carbocycles. The van der Waals surface area contributed by atoms with E-state index in [9.17, 15) is 4.79 Å². The Hall–Kier alpha value is -2.79. The molecule has 26 heavy (non-hydrogen) atoms. The fourth-order valence-corrected chi connectivity index (χ4v) is 2.53. The van der Waals surface area contributed by atoms with Crippen LogP contribution in [0.1, 0.15) is 28.4 Å². The minimum atomic E-state index is -0.112. The van der Waals surface area contributed by atoms with Crippen LogP contribution in [0.4, 0.5) is 0 Å². The summed E-state index contributed by atoms with van der Waals surface area (Å²) in [5.41, 5.74) is 2.58. The molecule has 0 aliphatic rings. The van der Waals surface area contributed by atoms with Gasteiger partial charge in [-0.05, 0) is 48.9 Å². The monoisotopic (exact) mass is 369 g/mol. The summed E-state index contributed by atoms with van der Waals surface area (Å²) in [6.45, 7) is 3.72. The van der Waals surface area contributed by atoms with Crippen molar-refractivity contribution in [3.63, 3.8) is 0 Å². The molecule has 134 valence electrons. The van der Waals surface area contributed by atoms with Crippen molar-refractivity contribution in [3.05, 3.63) is 82.6 Å². The molecule has 2 aromatic carbocycles. The number of aryl methyl sites for hydroxylation is 1. The van der Waals surface area contributed by atoms with Crippen molar-refractivity contribution in [3.8, 4) is 5.75 Å². The second-order valence-electron chi connectivity index (χ2n) is 5.83. The van der Waals surface area contributed by atoms with Crippen LogP contribution in [0.3, 0.4) is 0 Å². The molecule has 0 saturated carbocycles. The topological polar surface area (TPSA) is 56.2 Å². The Morgan fingerprint density at radius 3 is 2.50 bits per heavy atom. The highest BCUT2D eigenvalue weighted by atomic mass is 35.5. The molecule has 0 spiro atoms. The number of carbonyl (C=O) groups excluding carboxylic acids is 1. The standard InChI is InChI=1S/C20H20ClN3O2/c1-2-24-13-16(12-23-24)11-22-20(25)17-5-3-15(4-6-17)14-26-19-9-7-18(21)8-10-19/h3-10,12-13H,2,11,14H2,1H3,(H,22,25). The molecule has 3 rings (SSSR count). The third-order valence-corrected chi connectivity index (χ3v) is 4.15. The normalized spacial score (nSPS) is 10.5. The molecule has 0 saturated heterocycles. The van der Waals surface area contributed by atoms with Crippen molar-refractivity contribution < 1.29 is 9.53 Å². The number of nitrogens with one attached hydrogen (secondary N) is 1. The summed E-state index contributed by atoms with van der Waals surface area (Å²) in [5.74, 6) is 0.642. The van der Waals surface area contributed by atoms with Gasteiger partial charge in [0.2, 0.25) is 0 Å². The summed E-state index contributed by atoms with van der Waals surface area (Å²) in [6, 6.07) is 14.6. The van der Waals surface area contributed by atoms with E-state index in [0.29, 0.717) is 23.7 Å². The van der Waals surface area contributed by atoms with Crippen LogP contribution in [-0.2, 0) is 19.7 Å². The highest BCUT2D eigenvalue weighted by molar-refractivity contribution is 6.30. The Bertz CT molecular complexity index is 858. The smallest absolute Gasteiger partial charge is 0.251 e. The Labute approximate surface area is 157 Å². The van der Waals surface area contributed by atoms with Gasteiger partial charge in [-0.25, -0.2) is 0 Å². The second kappa shape index (κ2) is 8.54. The highest BCUT2D eigenvalue weighted by Gasteiger charge is 2.06. The minimum absolute atomic E-state index is 0.112. The molecule has 1 heterocycles. The van der Waals surface area contributed by atoms with Crippen LogP contribution in [0, 0.1) is 0 Å². The minimum Gasteiger partial charge on any atom is -0.489 e. The first-order valence-corrected chi connectivity index (χ1v) is 8.78. The van der Waals surface area contributed by atoms with Gasteiger partial charge in [0, 0.05) is 35.4 Å². The Morgan fingerprint density at radius 1 is 1.12 bits per heavy atom. The third-order valence-electron chi connectivity index (χ3n) is 3.90. The van der Waals surface area contributed by atoms with E-state index >= 15 is 0 Å². The zero-order valence-electron chi connectivity index (χ0n) is 14.5. The number of rotatable bonds is 7. The van der Waals surface area contributed by atoms with Crippen LogP contribution in [0.25, 0.3) is 0 Å². The van der Waals surface area contributed by atoms with Crippen LogP contribution >= 0.6 is 11.6 Å². The maximum atomic E-state index is 12.2. The van der Waals surface area contributed by atoms with E-state index in [4.69, 9.17) is 16.3 Å². The lowest BCUT2D eigenvalue weighted by Gasteiger charge is -2.08. The molecule has 0 radical (unpaired) electrons. The Kier molecular flexibility index (Phi) is 5.92. The van der Waals surface area contributed by atoms with Gasteiger partial charge in [-0.1, -0.05) is 23.7 Å². The molecular formula is C20H20ClN3O2. The first-order chi connectivity index (χ1) is 12.6. The summed E-state index contributed by atoms with van der Waals surface area (Å²) >= 11 is 5.85. The number of ether oxygens (including phenoxy) is 1. The lowest BCUT2D eigenvalue weighted by atomic mass is 10.1. The fraction of sp³-hybridized carbons (Fsp3) is 0.200. The summed E-state index contributed by atoms with van der Waals surface area (Å²) in [6.07, 6.45) is 3.69. The van der Waals surface area contributed by atoms with Crippen LogP contribution in [0.15, 0.2) is 60.9 Å². The summed E-state index contributed by atoms with van der Waals surface area (Å²) < 4.78 is 7.53. The number of halogens is 1. The maximum Gasteiger partial charge on any atom is 0.251 e. The van der Waals surface area contributed by atoms with E-state index < -0.39 is 0 Å². The molecule has 5 nitrogen and oxygen atoms in total. The van der Waals surface area contributed by atoms with E-state index in [2.05, 4.69) is 10.4 Å². The van der Waals surface area contributed by atoms with E-state index in [1.165, 1.54) is 0 Å². The third kappa shape index (κ3) is 4.86. The predicted molar refractivity (Wildman–Crippen MR) is 101 cm³/mol. The molecule has 1 amide bonds. The number of hydrogen-bond acceptors (Lipinski definition) is 3. The van der Waals surface area contributed by atoms with Gasteiger partial charge in [-0.3, -0.25) is 9.48 Å².